The van der Waals surface area contributed by atoms with E-state index >= 15 is 0 Å². The number of hydrogen-bond donors (Lipinski definition) is 0. The van der Waals surface area contributed by atoms with Gasteiger partial charge in [-0.2, -0.15) is 0 Å². The van der Waals surface area contributed by atoms with E-state index in [0.717, 1.165) is 0 Å². The maximum Gasteiger partial charge on any atom is 0.128 e. The van der Waals surface area contributed by atoms with Crippen molar-refractivity contribution in [3.63, 3.8) is 0 Å². The molecule has 0 fully saturated rings. The molecule has 0 atom stereocenters. The molecule has 0 rings (SSSR count). The van der Waals surface area contributed by atoms with Crippen LogP contribution < -0.4 is 0 Å². The van der Waals surface area contributed by atoms with Crippen molar-refractivity contribution < 1.29 is 5.11 Å². The summed E-state index contributed by atoms with van der Waals surface area (Å²) in [5, 5.41) is 9.91. The monoisotopic (exact) mass is 119 g/mol. The molecule has 0 unspecified atom stereocenters. The number of hydrogen-bond acceptors (Lipinski definition) is 1. The van der Waals surface area contributed by atoms with Crippen molar-refractivity contribution in [1.82, 2.24) is 0 Å². The molecular formula is C5H11OS. The second-order valence-corrected chi connectivity index (χ2v) is 4.12. The smallest absolute Gasteiger partial charge is 0.128 e. The molecule has 0 saturated heterocycles. The molecule has 43 valence electrons. The van der Waals surface area contributed by atoms with Crippen LogP contribution in [0.5, 0.6) is 0 Å². The molecule has 0 bridgehead atoms. The van der Waals surface area contributed by atoms with Gasteiger partial charge in [0.1, 0.15) is 5.94 Å². The van der Waals surface area contributed by atoms with E-state index in [-0.39, 0.29) is 10.7 Å². The zero-order valence-corrected chi connectivity index (χ0v) is 5.84. The minimum Gasteiger partial charge on any atom is -0.225 e. The Bertz CT molecular complexity index is 46.5. The number of rotatable bonds is 1. The van der Waals surface area contributed by atoms with Crippen molar-refractivity contribution in [3.8, 4) is 0 Å². The molecule has 0 aliphatic rings. The van der Waals surface area contributed by atoms with E-state index < -0.39 is 0 Å². The Morgan fingerprint density at radius 1 is 1.43 bits per heavy atom. The quantitative estimate of drug-likeness (QED) is 0.483. The molecule has 0 aliphatic carbocycles. The lowest BCUT2D eigenvalue weighted by molar-refractivity contribution is 0.259. The first-order valence-corrected chi connectivity index (χ1v) is 3.27. The molecule has 0 N–H and O–H groups in total. The minimum atomic E-state index is -0.0243. The first-order chi connectivity index (χ1) is 3.06. The molecule has 1 radical (unpaired) electrons. The van der Waals surface area contributed by atoms with E-state index in [1.165, 1.54) is 11.8 Å². The summed E-state index contributed by atoms with van der Waals surface area (Å²) in [4.78, 5) is 0. The van der Waals surface area contributed by atoms with Crippen LogP contribution >= 0.6 is 11.8 Å². The van der Waals surface area contributed by atoms with Crippen LogP contribution in [0.4, 0.5) is 0 Å². The Kier molecular flexibility index (Phi) is 2.69. The van der Waals surface area contributed by atoms with Crippen LogP contribution in [0.1, 0.15) is 20.8 Å². The maximum absolute atomic E-state index is 9.91. The second kappa shape index (κ2) is 2.58. The molecule has 0 aliphatic heterocycles. The van der Waals surface area contributed by atoms with E-state index in [4.69, 9.17) is 0 Å². The summed E-state index contributed by atoms with van der Waals surface area (Å²) >= 11 is 1.43. The molecule has 1 nitrogen and oxygen atoms in total. The highest BCUT2D eigenvalue weighted by molar-refractivity contribution is 8.00. The average Bonchev–Trinajstić information content (AvgIpc) is 1.30. The van der Waals surface area contributed by atoms with E-state index in [9.17, 15) is 5.11 Å². The highest BCUT2D eigenvalue weighted by Gasteiger charge is 2.08. The molecule has 0 amide bonds. The van der Waals surface area contributed by atoms with Gasteiger partial charge in [-0.1, -0.05) is 20.8 Å². The van der Waals surface area contributed by atoms with Gasteiger partial charge < -0.3 is 0 Å². The fraction of sp³-hybridized carbons (Fsp3) is 1.00. The van der Waals surface area contributed by atoms with E-state index in [1.54, 1.807) is 0 Å². The Morgan fingerprint density at radius 3 is 1.86 bits per heavy atom. The van der Waals surface area contributed by atoms with Crippen LogP contribution in [0.15, 0.2) is 0 Å². The normalized spacial score (nSPS) is 12.0. The Morgan fingerprint density at radius 2 is 1.86 bits per heavy atom. The van der Waals surface area contributed by atoms with Gasteiger partial charge in [0.05, 0.1) is 0 Å². The highest BCUT2D eigenvalue weighted by Crippen LogP contribution is 2.21. The van der Waals surface area contributed by atoms with Gasteiger partial charge >= 0.3 is 0 Å². The minimum absolute atomic E-state index is 0.0243. The van der Waals surface area contributed by atoms with Crippen molar-refractivity contribution in [2.75, 3.05) is 5.94 Å². The van der Waals surface area contributed by atoms with E-state index in [1.807, 2.05) is 20.8 Å². The predicted octanol–water partition coefficient (Wildman–Crippen LogP) is 1.91. The molecule has 0 aromatic carbocycles. The maximum atomic E-state index is 9.91. The number of thioether (sulfide) groups is 1. The fourth-order valence-electron chi connectivity index (χ4n) is 0.177. The van der Waals surface area contributed by atoms with Crippen LogP contribution in [0.2, 0.25) is 0 Å². The van der Waals surface area contributed by atoms with Crippen LogP contribution in [0.3, 0.4) is 0 Å². The summed E-state index contributed by atoms with van der Waals surface area (Å²) < 4.78 is 0.155. The summed E-state index contributed by atoms with van der Waals surface area (Å²) in [6.07, 6.45) is 0. The van der Waals surface area contributed by atoms with Gasteiger partial charge in [-0.3, -0.25) is 0 Å². The summed E-state index contributed by atoms with van der Waals surface area (Å²) in [7, 11) is 0. The largest absolute Gasteiger partial charge is 0.225 e. The van der Waals surface area contributed by atoms with Gasteiger partial charge in [-0.05, 0) is 0 Å². The average molecular weight is 119 g/mol. The van der Waals surface area contributed by atoms with Crippen molar-refractivity contribution in [1.29, 1.82) is 0 Å². The first-order valence-electron chi connectivity index (χ1n) is 2.28. The van der Waals surface area contributed by atoms with Gasteiger partial charge in [0, 0.05) is 4.75 Å². The predicted molar refractivity (Wildman–Crippen MR) is 32.9 cm³/mol. The Hall–Kier alpha value is 0.310. The standard InChI is InChI=1S/C5H11OS/c1-5(2,3)7-4-6/h4H2,1-3H3. The van der Waals surface area contributed by atoms with E-state index in [2.05, 4.69) is 0 Å². The molecule has 0 aromatic heterocycles. The van der Waals surface area contributed by atoms with E-state index in [0.29, 0.717) is 0 Å². The van der Waals surface area contributed by atoms with Gasteiger partial charge in [-0.15, -0.1) is 11.8 Å². The van der Waals surface area contributed by atoms with Gasteiger partial charge in [0.2, 0.25) is 0 Å². The van der Waals surface area contributed by atoms with Gasteiger partial charge in [-0.25, -0.2) is 5.11 Å². The summed E-state index contributed by atoms with van der Waals surface area (Å²) in [5.74, 6) is -0.0243. The molecule has 0 heterocycles. The van der Waals surface area contributed by atoms with Crippen LogP contribution in [-0.4, -0.2) is 10.7 Å². The summed E-state index contributed by atoms with van der Waals surface area (Å²) in [6, 6.07) is 0. The highest BCUT2D eigenvalue weighted by atomic mass is 32.2. The molecule has 0 saturated carbocycles. The zero-order chi connectivity index (χ0) is 5.91. The van der Waals surface area contributed by atoms with Crippen LogP contribution in [-0.2, 0) is 5.11 Å². The van der Waals surface area contributed by atoms with Crippen molar-refractivity contribution in [2.45, 2.75) is 25.5 Å². The lowest BCUT2D eigenvalue weighted by Crippen LogP contribution is -2.07. The first kappa shape index (κ1) is 7.31. The lowest BCUT2D eigenvalue weighted by Gasteiger charge is -2.13. The molecule has 7 heavy (non-hydrogen) atoms. The third kappa shape index (κ3) is 6.31. The third-order valence-electron chi connectivity index (χ3n) is 0.492. The summed E-state index contributed by atoms with van der Waals surface area (Å²) in [5.41, 5.74) is 0. The molecule has 0 spiro atoms. The second-order valence-electron chi connectivity index (χ2n) is 2.37. The van der Waals surface area contributed by atoms with Crippen molar-refractivity contribution >= 4 is 11.8 Å². The molecule has 2 heteroatoms. The topological polar surface area (TPSA) is 19.9 Å². The SMILES string of the molecule is CC(C)(C)SC[O]. The lowest BCUT2D eigenvalue weighted by atomic mass is 10.3. The van der Waals surface area contributed by atoms with Crippen LogP contribution in [0, 0.1) is 0 Å². The van der Waals surface area contributed by atoms with Gasteiger partial charge in [0.15, 0.2) is 0 Å². The Labute approximate surface area is 49.1 Å². The van der Waals surface area contributed by atoms with Crippen LogP contribution in [0.25, 0.3) is 0 Å². The summed E-state index contributed by atoms with van der Waals surface area (Å²) in [6.45, 7) is 6.11. The van der Waals surface area contributed by atoms with Crippen molar-refractivity contribution in [2.24, 2.45) is 0 Å². The molecular weight excluding hydrogens is 108 g/mol. The van der Waals surface area contributed by atoms with Gasteiger partial charge in [0.25, 0.3) is 0 Å². The molecule has 0 aromatic rings. The fourth-order valence-corrected chi connectivity index (χ4v) is 0.530. The zero-order valence-electron chi connectivity index (χ0n) is 5.02. The van der Waals surface area contributed by atoms with Crippen molar-refractivity contribution in [3.05, 3.63) is 0 Å². The Balaban J connectivity index is 3.15. The third-order valence-corrected chi connectivity index (χ3v) is 1.48.